The van der Waals surface area contributed by atoms with Crippen LogP contribution in [0.25, 0.3) is 11.1 Å². The van der Waals surface area contributed by atoms with E-state index >= 15 is 8.78 Å². The van der Waals surface area contributed by atoms with Crippen LogP contribution in [-0.2, 0) is 47.4 Å². The maximum atomic E-state index is 15.3. The first kappa shape index (κ1) is 60.6. The van der Waals surface area contributed by atoms with Gasteiger partial charge in [-0.25, -0.2) is 18.7 Å². The molecule has 2 aromatic heterocycles. The number of nitrogens with zero attached hydrogens (tertiary/aromatic N) is 7. The van der Waals surface area contributed by atoms with Crippen molar-refractivity contribution in [1.29, 1.82) is 0 Å². The number of alkyl halides is 2. The fourth-order valence-corrected chi connectivity index (χ4v) is 12.2. The third-order valence-electron chi connectivity index (χ3n) is 16.8. The molecular weight excluding hydrogens is 973 g/mol. The van der Waals surface area contributed by atoms with E-state index < -0.39 is 108 Å². The molecule has 0 spiro atoms. The number of halogens is 2. The Hall–Kier alpha value is -3.67. The number of hydrogen-bond acceptors (Lipinski definition) is 17. The van der Waals surface area contributed by atoms with Crippen molar-refractivity contribution in [1.82, 2.24) is 34.8 Å². The Morgan fingerprint density at radius 2 is 1.61 bits per heavy atom. The number of aliphatic hydroxyl groups excluding tert-OH is 3. The number of cyclic esters (lactones) is 1. The van der Waals surface area contributed by atoms with Crippen molar-refractivity contribution in [2.24, 2.45) is 23.7 Å². The van der Waals surface area contributed by atoms with Crippen LogP contribution in [0.15, 0.2) is 49.2 Å². The van der Waals surface area contributed by atoms with Crippen LogP contribution in [0.5, 0.6) is 0 Å². The molecule has 1 unspecified atom stereocenters. The van der Waals surface area contributed by atoms with Crippen molar-refractivity contribution in [2.75, 3.05) is 34.3 Å². The van der Waals surface area contributed by atoms with E-state index in [2.05, 4.69) is 20.3 Å². The van der Waals surface area contributed by atoms with Crippen LogP contribution in [0.3, 0.4) is 0 Å². The van der Waals surface area contributed by atoms with Crippen molar-refractivity contribution >= 4 is 5.97 Å². The van der Waals surface area contributed by atoms with Gasteiger partial charge in [-0.3, -0.25) is 9.48 Å². The van der Waals surface area contributed by atoms with Crippen LogP contribution < -0.4 is 0 Å². The molecule has 0 bridgehead atoms. The van der Waals surface area contributed by atoms with Crippen molar-refractivity contribution in [3.8, 4) is 11.1 Å². The molecule has 5 heterocycles. The summed E-state index contributed by atoms with van der Waals surface area (Å²) in [5.41, 5.74) is -2.46. The summed E-state index contributed by atoms with van der Waals surface area (Å²) >= 11 is 0. The summed E-state index contributed by atoms with van der Waals surface area (Å²) in [7, 11) is 5.24. The normalized spacial score (nSPS) is 38.2. The minimum atomic E-state index is -3.05. The van der Waals surface area contributed by atoms with Crippen LogP contribution in [-0.4, -0.2) is 185 Å². The van der Waals surface area contributed by atoms with Gasteiger partial charge in [0.25, 0.3) is 5.92 Å². The Labute approximate surface area is 442 Å². The molecule has 5 N–H and O–H groups in total. The lowest BCUT2D eigenvalue weighted by Gasteiger charge is -2.51. The van der Waals surface area contributed by atoms with Gasteiger partial charge in [0.2, 0.25) is 0 Å². The number of aliphatic hydroxyl groups is 5. The Kier molecular flexibility index (Phi) is 20.2. The van der Waals surface area contributed by atoms with Crippen LogP contribution >= 0.6 is 0 Å². The first-order valence-electron chi connectivity index (χ1n) is 26.9. The zero-order valence-corrected chi connectivity index (χ0v) is 46.4. The van der Waals surface area contributed by atoms with Crippen molar-refractivity contribution < 1.29 is 62.8 Å². The molecular formula is C55H87F2N7O11. The number of benzene rings is 1. The lowest BCUT2D eigenvalue weighted by atomic mass is 9.68. The summed E-state index contributed by atoms with van der Waals surface area (Å²) in [6, 6.07) is 5.11. The zero-order valence-electron chi connectivity index (χ0n) is 46.4. The summed E-state index contributed by atoms with van der Waals surface area (Å²) in [5, 5.41) is 68.6. The number of esters is 1. The molecule has 422 valence electrons. The highest BCUT2D eigenvalue weighted by Gasteiger charge is 2.55. The molecule has 0 amide bonds. The van der Waals surface area contributed by atoms with Crippen LogP contribution in [0.4, 0.5) is 8.78 Å². The van der Waals surface area contributed by atoms with Crippen molar-refractivity contribution in [3.63, 3.8) is 0 Å². The molecule has 3 aliphatic heterocycles. The van der Waals surface area contributed by atoms with E-state index in [1.165, 1.54) is 32.5 Å². The topological polar surface area (TPSA) is 227 Å². The molecule has 3 saturated heterocycles. The molecule has 3 aromatic rings. The molecule has 3 fully saturated rings. The summed E-state index contributed by atoms with van der Waals surface area (Å²) in [5.74, 6) is -6.32. The molecule has 20 heteroatoms. The number of aromatic nitrogens is 5. The Morgan fingerprint density at radius 1 is 0.947 bits per heavy atom. The van der Waals surface area contributed by atoms with Gasteiger partial charge in [0.05, 0.1) is 47.2 Å². The molecule has 75 heavy (non-hydrogen) atoms. The zero-order chi connectivity index (χ0) is 55.4. The summed E-state index contributed by atoms with van der Waals surface area (Å²) in [6.07, 6.45) is -1.09. The van der Waals surface area contributed by atoms with Gasteiger partial charge in [0, 0.05) is 93.7 Å². The van der Waals surface area contributed by atoms with Gasteiger partial charge in [-0.15, -0.1) is 5.10 Å². The van der Waals surface area contributed by atoms with E-state index in [4.69, 9.17) is 23.7 Å². The lowest BCUT2D eigenvalue weighted by Crippen LogP contribution is -2.62. The smallest absolute Gasteiger partial charge is 0.309 e. The second kappa shape index (κ2) is 25.0. The highest BCUT2D eigenvalue weighted by molar-refractivity contribution is 5.73. The number of hydrogen-bond donors (Lipinski definition) is 5. The second-order valence-corrected chi connectivity index (χ2v) is 23.0. The fraction of sp³-hybridized carbons (Fsp3) is 0.764. The molecule has 3 aliphatic rings. The Morgan fingerprint density at radius 3 is 2.25 bits per heavy atom. The Bertz CT molecular complexity index is 2260. The lowest BCUT2D eigenvalue weighted by molar-refractivity contribution is -0.302. The standard InChI is InChI=1S/C55H87F2N7O11/c1-14-44-54(10,70)47(66)36(6)63(12)29-32(2)25-52(8,69)49(34(4)45(35(5)50(68)74-44)43-26-53(9,71-13)48(67)37(7)73-43)75-51-46(65)42(24-33(3)72-51)62(11)23-20-41-30-64(61-60-41)22-15-21-55(56,57)40-18-16-38(17-19-40)39-27-58-31-59-28-39/h16-19,27-28,30-37,42-49,51,65-67,69-70H,14-15,20-26,29H2,1-13H3/t32-,33-,34+,35-,36-,37+,42+,43?,44-,45+,46-,47-,48+,49-,51+,52-,53-,54-/m1/s1. The van der Waals surface area contributed by atoms with Crippen molar-refractivity contribution in [2.45, 2.75) is 211 Å². The maximum Gasteiger partial charge on any atom is 0.309 e. The molecule has 0 saturated carbocycles. The third-order valence-corrected chi connectivity index (χ3v) is 16.8. The van der Waals surface area contributed by atoms with E-state index in [-0.39, 0.29) is 56.2 Å². The predicted molar refractivity (Wildman–Crippen MR) is 276 cm³/mol. The van der Waals surface area contributed by atoms with Crippen molar-refractivity contribution in [3.05, 3.63) is 60.4 Å². The van der Waals surface area contributed by atoms with Gasteiger partial charge in [0.1, 0.15) is 36.3 Å². The SMILES string of the molecule is CC[C@H]1OC(=O)[C@H](C)[C@@H](C2C[C@@](C)(OC)[C@@H](O)[C@H](C)O2)[C@H](C)[C@@H](O[C@@H]2O[C@H](C)C[C@H](N(C)CCc3cn(CCCC(F)(F)c4ccc(-c5cncnc5)cc4)nn3)[C@H]2O)[C@](C)(O)C[C@@H](C)CN(C)[C@H](C)[C@@H](O)[C@]1(C)O. The van der Waals surface area contributed by atoms with Gasteiger partial charge in [-0.2, -0.15) is 0 Å². The van der Waals surface area contributed by atoms with Gasteiger partial charge >= 0.3 is 5.97 Å². The van der Waals surface area contributed by atoms with E-state index in [1.54, 1.807) is 76.9 Å². The van der Waals surface area contributed by atoms with Gasteiger partial charge in [0.15, 0.2) is 6.29 Å². The van der Waals surface area contributed by atoms with Crippen LogP contribution in [0.1, 0.15) is 119 Å². The molecule has 6 rings (SSSR count). The largest absolute Gasteiger partial charge is 0.459 e. The minimum absolute atomic E-state index is 0.0722. The van der Waals surface area contributed by atoms with E-state index in [9.17, 15) is 30.3 Å². The first-order chi connectivity index (χ1) is 35.1. The number of likely N-dealkylation sites (N-methyl/N-ethyl adjacent to an activating group) is 2. The number of aryl methyl sites for hydroxylation is 1. The van der Waals surface area contributed by atoms with Crippen LogP contribution in [0, 0.1) is 23.7 Å². The van der Waals surface area contributed by atoms with E-state index in [1.807, 2.05) is 44.7 Å². The average molecular weight is 1060 g/mol. The molecule has 18 nitrogen and oxygen atoms in total. The van der Waals surface area contributed by atoms with E-state index in [0.717, 1.165) is 11.1 Å². The van der Waals surface area contributed by atoms with Gasteiger partial charge in [-0.05, 0) is 98.7 Å². The fourth-order valence-electron chi connectivity index (χ4n) is 12.2. The predicted octanol–water partition coefficient (Wildman–Crippen LogP) is 5.41. The number of rotatable bonds is 15. The number of carbonyl (C=O) groups is 1. The van der Waals surface area contributed by atoms with Gasteiger partial charge < -0.3 is 59.0 Å². The number of ether oxygens (including phenoxy) is 5. The number of methoxy groups -OCH3 is 1. The Balaban J connectivity index is 1.20. The third kappa shape index (κ3) is 14.2. The summed E-state index contributed by atoms with van der Waals surface area (Å²) < 4.78 is 64.3. The first-order valence-corrected chi connectivity index (χ1v) is 26.9. The summed E-state index contributed by atoms with van der Waals surface area (Å²) in [4.78, 5) is 26.5. The highest BCUT2D eigenvalue weighted by atomic mass is 19.3. The highest BCUT2D eigenvalue weighted by Crippen LogP contribution is 2.45. The summed E-state index contributed by atoms with van der Waals surface area (Å²) in [6.45, 7) is 18.9. The maximum absolute atomic E-state index is 15.3. The van der Waals surface area contributed by atoms with Gasteiger partial charge in [-0.1, -0.05) is 57.2 Å². The second-order valence-electron chi connectivity index (χ2n) is 23.0. The molecule has 1 aromatic carbocycles. The average Bonchev–Trinajstić information content (AvgIpc) is 3.82. The molecule has 18 atom stereocenters. The van der Waals surface area contributed by atoms with Crippen LogP contribution in [0.2, 0.25) is 0 Å². The number of carbonyl (C=O) groups excluding carboxylic acids is 1. The molecule has 0 aliphatic carbocycles. The minimum Gasteiger partial charge on any atom is -0.459 e. The van der Waals surface area contributed by atoms with E-state index in [0.29, 0.717) is 31.6 Å². The monoisotopic (exact) mass is 1060 g/mol. The molecule has 0 radical (unpaired) electrons. The quantitative estimate of drug-likeness (QED) is 0.120.